The van der Waals surface area contributed by atoms with Gasteiger partial charge < -0.3 is 11.1 Å². The normalized spacial score (nSPS) is 15.5. The van der Waals surface area contributed by atoms with Crippen LogP contribution in [0.25, 0.3) is 0 Å². The molecule has 0 heterocycles. The van der Waals surface area contributed by atoms with Gasteiger partial charge in [-0.25, -0.2) is 0 Å². The van der Waals surface area contributed by atoms with Crippen molar-refractivity contribution in [3.63, 3.8) is 0 Å². The smallest absolute Gasteiger partial charge is 0.154 e. The van der Waals surface area contributed by atoms with Crippen LogP contribution in [0.2, 0.25) is 5.02 Å². The van der Waals surface area contributed by atoms with Gasteiger partial charge in [-0.2, -0.15) is 0 Å². The minimum atomic E-state index is 0.227. The van der Waals surface area contributed by atoms with Crippen molar-refractivity contribution in [2.24, 2.45) is 10.9 Å². The average molecular weight is 398 g/mol. The maximum Gasteiger partial charge on any atom is 0.154 e. The van der Waals surface area contributed by atoms with Crippen molar-refractivity contribution in [1.29, 1.82) is 0 Å². The highest BCUT2D eigenvalue weighted by atomic mass is 35.5. The van der Waals surface area contributed by atoms with Gasteiger partial charge in [0.15, 0.2) is 5.78 Å². The summed E-state index contributed by atoms with van der Waals surface area (Å²) in [6.07, 6.45) is 8.75. The van der Waals surface area contributed by atoms with Crippen molar-refractivity contribution in [2.75, 3.05) is 17.6 Å². The fourth-order valence-corrected chi connectivity index (χ4v) is 3.83. The van der Waals surface area contributed by atoms with Gasteiger partial charge in [-0.1, -0.05) is 43.4 Å². The van der Waals surface area contributed by atoms with Crippen LogP contribution in [0.4, 0.5) is 17.1 Å². The van der Waals surface area contributed by atoms with Crippen LogP contribution in [-0.2, 0) is 4.79 Å². The number of ketones is 1. The highest BCUT2D eigenvalue weighted by Gasteiger charge is 2.19. The third-order valence-electron chi connectivity index (χ3n) is 5.36. The van der Waals surface area contributed by atoms with E-state index in [9.17, 15) is 4.79 Å². The number of aliphatic imine (C=N–C) groups is 1. The Labute approximate surface area is 172 Å². The fourth-order valence-electron chi connectivity index (χ4n) is 3.67. The van der Waals surface area contributed by atoms with E-state index in [-0.39, 0.29) is 5.92 Å². The first-order valence-corrected chi connectivity index (χ1v) is 10.4. The molecule has 148 valence electrons. The number of carbonyl (C=O) groups is 1. The zero-order valence-electron chi connectivity index (χ0n) is 16.4. The first kappa shape index (κ1) is 20.4. The van der Waals surface area contributed by atoms with E-state index in [1.165, 1.54) is 25.7 Å². The summed E-state index contributed by atoms with van der Waals surface area (Å²) in [5, 5.41) is 3.92. The monoisotopic (exact) mass is 397 g/mol. The molecule has 0 spiro atoms. The van der Waals surface area contributed by atoms with Gasteiger partial charge in [-0.05, 0) is 61.2 Å². The van der Waals surface area contributed by atoms with Gasteiger partial charge in [0.05, 0.1) is 17.9 Å². The van der Waals surface area contributed by atoms with Crippen molar-refractivity contribution in [3.8, 4) is 0 Å². The summed E-state index contributed by atoms with van der Waals surface area (Å²) >= 11 is 6.00. The fraction of sp³-hybridized carbons (Fsp3) is 0.391. The molecule has 0 bridgehead atoms. The summed E-state index contributed by atoms with van der Waals surface area (Å²) < 4.78 is 0. The Morgan fingerprint density at radius 3 is 2.64 bits per heavy atom. The van der Waals surface area contributed by atoms with Gasteiger partial charge in [-0.15, -0.1) is 0 Å². The Hall–Kier alpha value is -2.33. The second-order valence-corrected chi connectivity index (χ2v) is 7.98. The van der Waals surface area contributed by atoms with Crippen LogP contribution in [0.15, 0.2) is 41.4 Å². The number of anilines is 2. The van der Waals surface area contributed by atoms with Crippen molar-refractivity contribution in [1.82, 2.24) is 0 Å². The van der Waals surface area contributed by atoms with Gasteiger partial charge in [0.2, 0.25) is 0 Å². The Balaban J connectivity index is 1.61. The molecule has 0 saturated heterocycles. The lowest BCUT2D eigenvalue weighted by Gasteiger charge is -2.15. The molecule has 1 saturated carbocycles. The third-order valence-corrected chi connectivity index (χ3v) is 5.59. The number of hydrogen-bond acceptors (Lipinski definition) is 4. The Bertz CT molecular complexity index is 855. The van der Waals surface area contributed by atoms with E-state index < -0.39 is 0 Å². The molecule has 0 aromatic heterocycles. The first-order chi connectivity index (χ1) is 13.5. The zero-order chi connectivity index (χ0) is 19.9. The van der Waals surface area contributed by atoms with E-state index in [1.807, 2.05) is 25.1 Å². The quantitative estimate of drug-likeness (QED) is 0.360. The number of aryl methyl sites for hydroxylation is 1. The van der Waals surface area contributed by atoms with Crippen LogP contribution in [0.3, 0.4) is 0 Å². The number of halogens is 1. The molecule has 4 nitrogen and oxygen atoms in total. The molecule has 1 aliphatic carbocycles. The lowest BCUT2D eigenvalue weighted by Crippen LogP contribution is -2.22. The number of nitrogens with two attached hydrogens (primary N) is 1. The second-order valence-electron chi connectivity index (χ2n) is 7.54. The number of hydrogen-bond donors (Lipinski definition) is 2. The molecule has 1 aliphatic rings. The van der Waals surface area contributed by atoms with Crippen LogP contribution in [-0.4, -0.2) is 18.5 Å². The second kappa shape index (κ2) is 9.74. The number of Topliss-reactive ketones (excluding diaryl/α,β-unsaturated/α-hetero) is 1. The summed E-state index contributed by atoms with van der Waals surface area (Å²) in [5.41, 5.74) is 10.2. The van der Waals surface area contributed by atoms with E-state index >= 15 is 0 Å². The molecule has 28 heavy (non-hydrogen) atoms. The van der Waals surface area contributed by atoms with Gasteiger partial charge in [0, 0.05) is 22.8 Å². The molecule has 5 heteroatoms. The molecule has 3 rings (SSSR count). The molecular weight excluding hydrogens is 370 g/mol. The minimum absolute atomic E-state index is 0.227. The molecule has 1 fully saturated rings. The van der Waals surface area contributed by atoms with Crippen LogP contribution in [0.1, 0.15) is 49.7 Å². The van der Waals surface area contributed by atoms with Crippen molar-refractivity contribution < 1.29 is 4.79 Å². The van der Waals surface area contributed by atoms with Crippen molar-refractivity contribution in [2.45, 2.75) is 45.4 Å². The van der Waals surface area contributed by atoms with E-state index in [0.29, 0.717) is 28.7 Å². The third kappa shape index (κ3) is 5.59. The topological polar surface area (TPSA) is 67.5 Å². The molecule has 0 radical (unpaired) electrons. The number of nitrogens with one attached hydrogen (secondary N) is 1. The summed E-state index contributed by atoms with van der Waals surface area (Å²) in [4.78, 5) is 17.0. The largest absolute Gasteiger partial charge is 0.397 e. The number of benzene rings is 2. The Kier molecular flexibility index (Phi) is 7.10. The molecule has 0 atom stereocenters. The van der Waals surface area contributed by atoms with Crippen molar-refractivity contribution in [3.05, 3.63) is 52.5 Å². The SMILES string of the molecule is Cc1cc(C=Nc2cc(Cl)ccc2N)ccc1NCC(=O)C1CCCCCC1. The lowest BCUT2D eigenvalue weighted by molar-refractivity contribution is -0.121. The summed E-state index contributed by atoms with van der Waals surface area (Å²) in [6, 6.07) is 11.3. The number of nitrogens with zero attached hydrogens (tertiary/aromatic N) is 1. The summed E-state index contributed by atoms with van der Waals surface area (Å²) in [5.74, 6) is 0.563. The van der Waals surface area contributed by atoms with Gasteiger partial charge in [-0.3, -0.25) is 9.79 Å². The van der Waals surface area contributed by atoms with E-state index in [0.717, 1.165) is 29.7 Å². The molecule has 2 aromatic rings. The predicted molar refractivity (Wildman–Crippen MR) is 119 cm³/mol. The van der Waals surface area contributed by atoms with Crippen molar-refractivity contribution >= 4 is 40.7 Å². The zero-order valence-corrected chi connectivity index (χ0v) is 17.1. The van der Waals surface area contributed by atoms with Crippen LogP contribution < -0.4 is 11.1 Å². The van der Waals surface area contributed by atoms with Crippen LogP contribution >= 0.6 is 11.6 Å². The average Bonchev–Trinajstić information content (AvgIpc) is 2.97. The lowest BCUT2D eigenvalue weighted by atomic mass is 9.95. The highest BCUT2D eigenvalue weighted by molar-refractivity contribution is 6.31. The van der Waals surface area contributed by atoms with E-state index in [2.05, 4.69) is 10.3 Å². The number of nitrogen functional groups attached to an aromatic ring is 1. The first-order valence-electron chi connectivity index (χ1n) is 9.99. The molecule has 2 aromatic carbocycles. The standard InChI is InChI=1S/C23H28ClN3O/c1-16-12-17(14-26-22-13-19(24)9-10-20(22)25)8-11-21(16)27-15-23(28)18-6-4-2-3-5-7-18/h8-14,18,27H,2-7,15,25H2,1H3. The van der Waals surface area contributed by atoms with E-state index in [1.54, 1.807) is 24.4 Å². The number of rotatable bonds is 6. The maximum atomic E-state index is 12.5. The van der Waals surface area contributed by atoms with Gasteiger partial charge >= 0.3 is 0 Å². The summed E-state index contributed by atoms with van der Waals surface area (Å²) in [7, 11) is 0. The van der Waals surface area contributed by atoms with E-state index in [4.69, 9.17) is 17.3 Å². The Morgan fingerprint density at radius 1 is 1.18 bits per heavy atom. The minimum Gasteiger partial charge on any atom is -0.397 e. The molecule has 0 amide bonds. The highest BCUT2D eigenvalue weighted by Crippen LogP contribution is 2.26. The van der Waals surface area contributed by atoms with Crippen LogP contribution in [0.5, 0.6) is 0 Å². The molecular formula is C23H28ClN3O. The molecule has 0 aliphatic heterocycles. The molecule has 3 N–H and O–H groups in total. The molecule has 0 unspecified atom stereocenters. The van der Waals surface area contributed by atoms with Gasteiger partial charge in [0.25, 0.3) is 0 Å². The number of carbonyl (C=O) groups excluding carboxylic acids is 1. The summed E-state index contributed by atoms with van der Waals surface area (Å²) in [6.45, 7) is 2.43. The van der Waals surface area contributed by atoms with Crippen LogP contribution in [0, 0.1) is 12.8 Å². The van der Waals surface area contributed by atoms with Gasteiger partial charge in [0.1, 0.15) is 0 Å². The Morgan fingerprint density at radius 2 is 1.93 bits per heavy atom. The maximum absolute atomic E-state index is 12.5. The predicted octanol–water partition coefficient (Wildman–Crippen LogP) is 5.93.